The van der Waals surface area contributed by atoms with E-state index in [0.29, 0.717) is 5.56 Å². The van der Waals surface area contributed by atoms with Crippen LogP contribution in [-0.2, 0) is 12.5 Å². The van der Waals surface area contributed by atoms with Gasteiger partial charge in [0, 0.05) is 27.9 Å². The number of aromatic nitrogens is 2. The fourth-order valence-electron chi connectivity index (χ4n) is 7.42. The minimum absolute atomic E-state index is 0.00648. The fourth-order valence-corrected chi connectivity index (χ4v) is 7.42. The quantitative estimate of drug-likeness (QED) is 0.148. The van der Waals surface area contributed by atoms with E-state index in [4.69, 9.17) is 0 Å². The van der Waals surface area contributed by atoms with Crippen molar-refractivity contribution in [1.82, 2.24) is 4.57 Å². The van der Waals surface area contributed by atoms with Crippen LogP contribution in [0.1, 0.15) is 37.5 Å². The van der Waals surface area contributed by atoms with Crippen LogP contribution in [0.4, 0.5) is 0 Å². The van der Waals surface area contributed by atoms with E-state index >= 15 is 0 Å². The highest BCUT2D eigenvalue weighted by Gasteiger charge is 2.25. The number of aryl methyl sites for hydroxylation is 2. The Morgan fingerprint density at radius 2 is 1.38 bits per heavy atom. The molecule has 0 atom stereocenters. The van der Waals surface area contributed by atoms with Gasteiger partial charge in [0.25, 0.3) is 0 Å². The van der Waals surface area contributed by atoms with Gasteiger partial charge in [0.05, 0.1) is 27.5 Å². The highest BCUT2D eigenvalue weighted by Crippen LogP contribution is 2.40. The van der Waals surface area contributed by atoms with Crippen molar-refractivity contribution < 1.29 is 4.57 Å². The zero-order chi connectivity index (χ0) is 31.0. The van der Waals surface area contributed by atoms with E-state index in [2.05, 4.69) is 153 Å². The van der Waals surface area contributed by atoms with Crippen LogP contribution in [0, 0.1) is 18.3 Å². The van der Waals surface area contributed by atoms with Crippen molar-refractivity contribution in [3.05, 3.63) is 132 Å². The van der Waals surface area contributed by atoms with Gasteiger partial charge in [-0.1, -0.05) is 87.5 Å². The molecule has 8 aromatic rings. The fraction of sp³-hybridized carbons (Fsp3) is 0.143. The summed E-state index contributed by atoms with van der Waals surface area (Å²) in [6, 6.07) is 41.6. The molecule has 0 unspecified atom stereocenters. The highest BCUT2D eigenvalue weighted by atomic mass is 15.0. The van der Waals surface area contributed by atoms with Crippen LogP contribution >= 0.6 is 0 Å². The molecule has 0 aliphatic rings. The molecule has 0 N–H and O–H groups in total. The molecular formula is C42H34N3+. The minimum atomic E-state index is 0.00648. The summed E-state index contributed by atoms with van der Waals surface area (Å²) in [5.41, 5.74) is 8.97. The molecule has 0 radical (unpaired) electrons. The second-order valence-electron chi connectivity index (χ2n) is 13.3. The van der Waals surface area contributed by atoms with Crippen molar-refractivity contribution in [2.45, 2.75) is 33.1 Å². The maximum atomic E-state index is 10.0. The molecule has 2 aromatic heterocycles. The molecule has 0 saturated heterocycles. The molecule has 0 bridgehead atoms. The maximum Gasteiger partial charge on any atom is 0.220 e. The van der Waals surface area contributed by atoms with Crippen LogP contribution in [0.5, 0.6) is 0 Å². The second kappa shape index (κ2) is 9.78. The van der Waals surface area contributed by atoms with Crippen LogP contribution in [0.15, 0.2) is 115 Å². The van der Waals surface area contributed by atoms with E-state index in [0.717, 1.165) is 27.5 Å². The highest BCUT2D eigenvalue weighted by molar-refractivity contribution is 6.13. The van der Waals surface area contributed by atoms with Crippen molar-refractivity contribution in [3.8, 4) is 23.0 Å². The third-order valence-electron chi connectivity index (χ3n) is 9.57. The number of hydrogen-bond donors (Lipinski definition) is 0. The summed E-state index contributed by atoms with van der Waals surface area (Å²) in [7, 11) is 2.16. The van der Waals surface area contributed by atoms with E-state index in [1.54, 1.807) is 0 Å². The molecule has 6 aromatic carbocycles. The lowest BCUT2D eigenvalue weighted by Gasteiger charge is -2.24. The molecule has 3 heteroatoms. The summed E-state index contributed by atoms with van der Waals surface area (Å²) in [5.74, 6) is 0. The zero-order valence-corrected chi connectivity index (χ0v) is 26.3. The van der Waals surface area contributed by atoms with E-state index in [-0.39, 0.29) is 5.41 Å². The Morgan fingerprint density at radius 1 is 0.667 bits per heavy atom. The van der Waals surface area contributed by atoms with Crippen molar-refractivity contribution in [2.24, 2.45) is 7.05 Å². The van der Waals surface area contributed by atoms with Crippen LogP contribution in [-0.4, -0.2) is 4.57 Å². The first-order valence-electron chi connectivity index (χ1n) is 15.6. The van der Waals surface area contributed by atoms with Gasteiger partial charge in [-0.2, -0.15) is 5.26 Å². The van der Waals surface area contributed by atoms with Gasteiger partial charge in [0.15, 0.2) is 6.20 Å². The summed E-state index contributed by atoms with van der Waals surface area (Å²) >= 11 is 0. The number of hydrogen-bond acceptors (Lipinski definition) is 1. The first kappa shape index (κ1) is 27.1. The van der Waals surface area contributed by atoms with Crippen molar-refractivity contribution in [3.63, 3.8) is 0 Å². The molecular weight excluding hydrogens is 546 g/mol. The summed E-state index contributed by atoms with van der Waals surface area (Å²) in [4.78, 5) is 0. The number of nitrogens with zero attached hydrogens (tertiary/aromatic N) is 3. The van der Waals surface area contributed by atoms with Gasteiger partial charge in [-0.25, -0.2) is 4.57 Å². The summed E-state index contributed by atoms with van der Waals surface area (Å²) in [6.45, 7) is 9.17. The van der Waals surface area contributed by atoms with E-state index < -0.39 is 0 Å². The molecule has 0 aliphatic heterocycles. The molecule has 0 amide bonds. The Bertz CT molecular complexity index is 2550. The molecule has 3 nitrogen and oxygen atoms in total. The van der Waals surface area contributed by atoms with Crippen molar-refractivity contribution in [2.75, 3.05) is 0 Å². The van der Waals surface area contributed by atoms with Crippen LogP contribution in [0.25, 0.3) is 71.1 Å². The van der Waals surface area contributed by atoms with Gasteiger partial charge >= 0.3 is 0 Å². The van der Waals surface area contributed by atoms with Crippen LogP contribution in [0.2, 0.25) is 0 Å². The molecule has 0 fully saturated rings. The third-order valence-corrected chi connectivity index (χ3v) is 9.57. The van der Waals surface area contributed by atoms with Gasteiger partial charge in [0.2, 0.25) is 5.69 Å². The SMILES string of the molecule is Cc1c(-c2c3ccc4cc(-n5c6ccccc6c6cccc(C#N)c65)ccc4c3cc[n+]2C)cc(C(C)(C)C)c2ccccc12. The first-order valence-corrected chi connectivity index (χ1v) is 15.6. The van der Waals surface area contributed by atoms with E-state index in [9.17, 15) is 5.26 Å². The number of pyridine rings is 1. The summed E-state index contributed by atoms with van der Waals surface area (Å²) < 4.78 is 4.52. The first-order chi connectivity index (χ1) is 21.8. The Morgan fingerprint density at radius 3 is 2.16 bits per heavy atom. The minimum Gasteiger partial charge on any atom is -0.308 e. The Kier molecular flexibility index (Phi) is 5.89. The lowest BCUT2D eigenvalue weighted by atomic mass is 9.80. The van der Waals surface area contributed by atoms with Gasteiger partial charge < -0.3 is 4.57 Å². The Hall–Kier alpha value is -5.46. The van der Waals surface area contributed by atoms with Crippen molar-refractivity contribution in [1.29, 1.82) is 5.26 Å². The van der Waals surface area contributed by atoms with Crippen molar-refractivity contribution >= 4 is 54.1 Å². The number of benzene rings is 6. The summed E-state index contributed by atoms with van der Waals surface area (Å²) in [5, 5.41) is 19.8. The maximum absolute atomic E-state index is 10.0. The number of fused-ring (bicyclic) bond motifs is 7. The predicted octanol–water partition coefficient (Wildman–Crippen LogP) is 10.2. The average molecular weight is 581 g/mol. The van der Waals surface area contributed by atoms with Gasteiger partial charge in [0.1, 0.15) is 13.1 Å². The molecule has 0 saturated carbocycles. The Labute approximate surface area is 263 Å². The lowest BCUT2D eigenvalue weighted by Crippen LogP contribution is -2.31. The van der Waals surface area contributed by atoms with Gasteiger partial charge in [-0.15, -0.1) is 0 Å². The lowest BCUT2D eigenvalue weighted by molar-refractivity contribution is -0.659. The normalized spacial score (nSPS) is 12.1. The largest absolute Gasteiger partial charge is 0.308 e. The van der Waals surface area contributed by atoms with Crippen LogP contribution in [0.3, 0.4) is 0 Å². The molecule has 0 spiro atoms. The molecule has 216 valence electrons. The zero-order valence-electron chi connectivity index (χ0n) is 26.3. The monoisotopic (exact) mass is 580 g/mol. The number of rotatable bonds is 2. The van der Waals surface area contributed by atoms with E-state index in [1.807, 2.05) is 12.1 Å². The van der Waals surface area contributed by atoms with Gasteiger partial charge in [-0.05, 0) is 81.4 Å². The Balaban J connectivity index is 1.39. The average Bonchev–Trinajstić information content (AvgIpc) is 3.39. The second-order valence-corrected chi connectivity index (χ2v) is 13.3. The number of para-hydroxylation sites is 2. The van der Waals surface area contributed by atoms with Gasteiger partial charge in [-0.3, -0.25) is 0 Å². The van der Waals surface area contributed by atoms with E-state index in [1.165, 1.54) is 54.7 Å². The standard InChI is InChI=1S/C42H34N3/c1-26-30-12-6-7-13-33(30)38(42(2,3)4)24-37(26)41-36-19-17-27-23-29(18-20-31(27)32(36)21-22-44(41)5)45-39-16-9-8-14-34(39)35-15-10-11-28(25-43)40(35)45/h6-24H,1-5H3/q+1. The molecule has 8 rings (SSSR count). The van der Waals surface area contributed by atoms with Crippen LogP contribution < -0.4 is 4.57 Å². The number of nitriles is 1. The molecule has 0 aliphatic carbocycles. The predicted molar refractivity (Wildman–Crippen MR) is 188 cm³/mol. The molecule has 45 heavy (non-hydrogen) atoms. The summed E-state index contributed by atoms with van der Waals surface area (Å²) in [6.07, 6.45) is 2.20. The topological polar surface area (TPSA) is 32.6 Å². The molecule has 2 heterocycles. The smallest absolute Gasteiger partial charge is 0.220 e. The third kappa shape index (κ3) is 3.99.